The highest BCUT2D eigenvalue weighted by molar-refractivity contribution is 6.01. The van der Waals surface area contributed by atoms with E-state index in [4.69, 9.17) is 19.0 Å². The number of ether oxygens (including phenoxy) is 3. The molecule has 9 heteroatoms. The quantitative estimate of drug-likeness (QED) is 0.200. The minimum absolute atomic E-state index is 0.146. The monoisotopic (exact) mass is 539 g/mol. The topological polar surface area (TPSA) is 89.9 Å². The number of anilines is 1. The number of nitrogens with zero attached hydrogens (tertiary/aromatic N) is 3. The maximum Gasteiger partial charge on any atom is 0.414 e. The van der Waals surface area contributed by atoms with E-state index in [0.717, 1.165) is 18.7 Å². The van der Waals surface area contributed by atoms with Gasteiger partial charge in [-0.2, -0.15) is 0 Å². The van der Waals surface area contributed by atoms with Crippen LogP contribution in [0.25, 0.3) is 0 Å². The lowest BCUT2D eigenvalue weighted by molar-refractivity contribution is -0.0688. The smallest absolute Gasteiger partial charge is 0.414 e. The summed E-state index contributed by atoms with van der Waals surface area (Å²) in [5, 5.41) is 3.31. The van der Waals surface area contributed by atoms with Gasteiger partial charge in [0.25, 0.3) is 0 Å². The highest BCUT2D eigenvalue weighted by Gasteiger charge is 2.34. The first kappa shape index (κ1) is 30.1. The molecule has 0 atom stereocenters. The van der Waals surface area contributed by atoms with E-state index in [2.05, 4.69) is 16.8 Å². The minimum atomic E-state index is -0.733. The fourth-order valence-corrected chi connectivity index (χ4v) is 4.17. The van der Waals surface area contributed by atoms with E-state index in [9.17, 15) is 9.59 Å². The largest absolute Gasteiger partial charge is 0.489 e. The number of rotatable bonds is 11. The van der Waals surface area contributed by atoms with Gasteiger partial charge in [-0.05, 0) is 63.3 Å². The van der Waals surface area contributed by atoms with E-state index in [-0.39, 0.29) is 29.7 Å². The van der Waals surface area contributed by atoms with E-state index in [1.165, 1.54) is 0 Å². The van der Waals surface area contributed by atoms with Crippen LogP contribution in [0.5, 0.6) is 5.75 Å². The molecule has 0 aromatic heterocycles. The number of likely N-dealkylation sites (tertiary alicyclic amines) is 1. The lowest BCUT2D eigenvalue weighted by Gasteiger charge is -2.39. The van der Waals surface area contributed by atoms with Gasteiger partial charge < -0.3 is 19.0 Å². The summed E-state index contributed by atoms with van der Waals surface area (Å²) in [5.74, 6) is -0.110. The fraction of sp³-hybridized carbons (Fsp3) is 0.500. The molecule has 1 aliphatic rings. The number of benzene rings is 2. The number of amides is 1. The molecule has 1 fully saturated rings. The molecule has 2 aromatic carbocycles. The molecule has 3 rings (SSSR count). The highest BCUT2D eigenvalue weighted by Crippen LogP contribution is 2.32. The average Bonchev–Trinajstić information content (AvgIpc) is 2.91. The highest BCUT2D eigenvalue weighted by atomic mass is 16.7. The van der Waals surface area contributed by atoms with Gasteiger partial charge in [0.15, 0.2) is 0 Å². The van der Waals surface area contributed by atoms with Crippen molar-refractivity contribution >= 4 is 24.5 Å². The normalized spacial score (nSPS) is 14.6. The second-order valence-corrected chi connectivity index (χ2v) is 11.0. The van der Waals surface area contributed by atoms with Crippen molar-refractivity contribution in [1.29, 1.82) is 0 Å². The van der Waals surface area contributed by atoms with Crippen LogP contribution in [0.15, 0.2) is 53.7 Å². The Bertz CT molecular complexity index is 1090. The molecule has 0 spiro atoms. The maximum absolute atomic E-state index is 13.5. The van der Waals surface area contributed by atoms with Gasteiger partial charge in [-0.15, -0.1) is 0 Å². The first-order valence-corrected chi connectivity index (χ1v) is 13.4. The fourth-order valence-electron chi connectivity index (χ4n) is 4.17. The van der Waals surface area contributed by atoms with Crippen LogP contribution in [0, 0.1) is 5.92 Å². The molecule has 0 radical (unpaired) electrons. The van der Waals surface area contributed by atoms with Gasteiger partial charge in [-0.3, -0.25) is 9.80 Å². The van der Waals surface area contributed by atoms with Crippen molar-refractivity contribution in [2.45, 2.75) is 65.7 Å². The van der Waals surface area contributed by atoms with Crippen molar-refractivity contribution < 1.29 is 28.6 Å². The number of piperidine rings is 1. The summed E-state index contributed by atoms with van der Waals surface area (Å²) in [6.45, 7) is 15.9. The van der Waals surface area contributed by atoms with Crippen LogP contribution in [0.2, 0.25) is 0 Å². The lowest BCUT2D eigenvalue weighted by Crippen LogP contribution is -2.49. The molecule has 0 N–H and O–H groups in total. The molecule has 1 heterocycles. The van der Waals surface area contributed by atoms with Crippen molar-refractivity contribution in [3.63, 3.8) is 0 Å². The van der Waals surface area contributed by atoms with Crippen molar-refractivity contribution in [2.75, 3.05) is 31.3 Å². The third-order valence-corrected chi connectivity index (χ3v) is 6.18. The zero-order chi connectivity index (χ0) is 28.4. The van der Waals surface area contributed by atoms with Gasteiger partial charge in [0.05, 0.1) is 30.2 Å². The molecule has 2 aromatic rings. The Labute approximate surface area is 231 Å². The van der Waals surface area contributed by atoms with Gasteiger partial charge in [0.2, 0.25) is 0 Å². The third-order valence-electron chi connectivity index (χ3n) is 6.18. The van der Waals surface area contributed by atoms with Gasteiger partial charge >= 0.3 is 12.1 Å². The molecule has 0 aliphatic carbocycles. The van der Waals surface area contributed by atoms with Crippen LogP contribution in [0.3, 0.4) is 0 Å². The third kappa shape index (κ3) is 9.37. The van der Waals surface area contributed by atoms with Crippen molar-refractivity contribution in [2.24, 2.45) is 11.1 Å². The standard InChI is InChI=1S/C30H41N3O6/c1-22(2)19-37-29(35)33(24-14-16-32(17-15-24)21-38-30(3,4)5)27-13-12-25(18-26(27)28(34)39-31-6)36-20-23-10-8-7-9-11-23/h7-13,18,22,24H,6,14-17,19-21H2,1-5H3. The molecule has 1 aliphatic heterocycles. The predicted molar refractivity (Wildman–Crippen MR) is 151 cm³/mol. The van der Waals surface area contributed by atoms with E-state index in [1.807, 2.05) is 65.0 Å². The van der Waals surface area contributed by atoms with Crippen LogP contribution in [-0.2, 0) is 20.9 Å². The Morgan fingerprint density at radius 3 is 2.41 bits per heavy atom. The summed E-state index contributed by atoms with van der Waals surface area (Å²) in [7, 11) is 0. The molecule has 9 nitrogen and oxygen atoms in total. The lowest BCUT2D eigenvalue weighted by atomic mass is 10.0. The SMILES string of the molecule is C=NOC(=O)c1cc(OCc2ccccc2)ccc1N(C(=O)OCC(C)C)C1CCN(COC(C)(C)C)CC1. The number of hydrogen-bond donors (Lipinski definition) is 0. The van der Waals surface area contributed by atoms with E-state index in [1.54, 1.807) is 23.1 Å². The van der Waals surface area contributed by atoms with Crippen molar-refractivity contribution in [3.05, 3.63) is 59.7 Å². The van der Waals surface area contributed by atoms with E-state index in [0.29, 0.717) is 37.6 Å². The summed E-state index contributed by atoms with van der Waals surface area (Å²) in [4.78, 5) is 35.1. The average molecular weight is 540 g/mol. The number of oxime groups is 1. The van der Waals surface area contributed by atoms with E-state index < -0.39 is 12.1 Å². The first-order valence-electron chi connectivity index (χ1n) is 13.4. The van der Waals surface area contributed by atoms with Crippen LogP contribution in [0.1, 0.15) is 63.4 Å². The van der Waals surface area contributed by atoms with Gasteiger partial charge in [0, 0.05) is 25.8 Å². The molecule has 0 bridgehead atoms. The zero-order valence-corrected chi connectivity index (χ0v) is 23.7. The maximum atomic E-state index is 13.5. The Hall–Kier alpha value is -3.43. The minimum Gasteiger partial charge on any atom is -0.489 e. The second-order valence-electron chi connectivity index (χ2n) is 11.0. The zero-order valence-electron chi connectivity index (χ0n) is 23.7. The Morgan fingerprint density at radius 1 is 1.10 bits per heavy atom. The number of hydrogen-bond acceptors (Lipinski definition) is 8. The molecule has 1 amide bonds. The Kier molecular flexibility index (Phi) is 10.9. The van der Waals surface area contributed by atoms with Gasteiger partial charge in [-0.1, -0.05) is 49.3 Å². The van der Waals surface area contributed by atoms with Crippen LogP contribution >= 0.6 is 0 Å². The Morgan fingerprint density at radius 2 is 1.79 bits per heavy atom. The second kappa shape index (κ2) is 14.1. The van der Waals surface area contributed by atoms with Crippen LogP contribution in [-0.4, -0.2) is 61.8 Å². The summed E-state index contributed by atoms with van der Waals surface area (Å²) in [6.07, 6.45) is 0.863. The van der Waals surface area contributed by atoms with Crippen molar-refractivity contribution in [1.82, 2.24) is 4.90 Å². The molecular weight excluding hydrogens is 498 g/mol. The molecule has 0 unspecified atom stereocenters. The van der Waals surface area contributed by atoms with E-state index >= 15 is 0 Å². The molecular formula is C30H41N3O6. The summed E-state index contributed by atoms with van der Waals surface area (Å²) in [6, 6.07) is 14.5. The van der Waals surface area contributed by atoms with Crippen LogP contribution in [0.4, 0.5) is 10.5 Å². The summed E-state index contributed by atoms with van der Waals surface area (Å²) in [5.41, 5.74) is 1.28. The number of carbonyl (C=O) groups is 2. The summed E-state index contributed by atoms with van der Waals surface area (Å²) >= 11 is 0. The molecule has 212 valence electrons. The molecule has 1 saturated heterocycles. The predicted octanol–water partition coefficient (Wildman–Crippen LogP) is 5.87. The van der Waals surface area contributed by atoms with Gasteiger partial charge in [0.1, 0.15) is 12.4 Å². The first-order chi connectivity index (χ1) is 18.6. The summed E-state index contributed by atoms with van der Waals surface area (Å²) < 4.78 is 17.5. The Balaban J connectivity index is 1.87. The molecule has 0 saturated carbocycles. The van der Waals surface area contributed by atoms with Gasteiger partial charge in [-0.25, -0.2) is 9.59 Å². The van der Waals surface area contributed by atoms with Crippen LogP contribution < -0.4 is 9.64 Å². The number of carbonyl (C=O) groups excluding carboxylic acids is 2. The molecule has 39 heavy (non-hydrogen) atoms. The van der Waals surface area contributed by atoms with Crippen molar-refractivity contribution in [3.8, 4) is 5.75 Å².